The van der Waals surface area contributed by atoms with Gasteiger partial charge in [-0.05, 0) is 0 Å². The number of carbonyl (C=O) groups excluding carboxylic acids is 1. The van der Waals surface area contributed by atoms with Gasteiger partial charge in [0.1, 0.15) is 0 Å². The van der Waals surface area contributed by atoms with Crippen LogP contribution in [-0.4, -0.2) is 23.0 Å². The first kappa shape index (κ1) is 7.52. The van der Waals surface area contributed by atoms with E-state index >= 15 is 0 Å². The van der Waals surface area contributed by atoms with E-state index in [0.29, 0.717) is 4.79 Å². The van der Waals surface area contributed by atoms with Crippen molar-refractivity contribution in [3.8, 4) is 0 Å². The van der Waals surface area contributed by atoms with Gasteiger partial charge in [0.2, 0.25) is 5.69 Å². The van der Waals surface area contributed by atoms with Crippen LogP contribution in [0.5, 0.6) is 0 Å². The van der Waals surface area contributed by atoms with Gasteiger partial charge in [-0.15, -0.1) is 0 Å². The van der Waals surface area contributed by atoms with Crippen molar-refractivity contribution < 1.29 is 13.9 Å². The fraction of sp³-hybridized carbons (Fsp3) is 0.200. The van der Waals surface area contributed by atoms with Crippen molar-refractivity contribution in [1.82, 2.24) is 9.89 Å². The summed E-state index contributed by atoms with van der Waals surface area (Å²) < 4.78 is 16.8. The second kappa shape index (κ2) is 2.57. The Balaban J connectivity index is 3.10. The minimum absolute atomic E-state index is 0.382. The van der Waals surface area contributed by atoms with Crippen LogP contribution in [0, 0.1) is 5.82 Å². The third-order valence-electron chi connectivity index (χ3n) is 1.13. The van der Waals surface area contributed by atoms with E-state index in [9.17, 15) is 9.18 Å². The highest BCUT2D eigenvalue weighted by Gasteiger charge is 2.17. The number of ether oxygens (including phenoxy) is 1. The maximum Gasteiger partial charge on any atom is 0.361 e. The van der Waals surface area contributed by atoms with E-state index in [-0.39, 0.29) is 5.69 Å². The molecule has 0 aliphatic heterocycles. The maximum absolute atomic E-state index is 12.6. The Kier molecular flexibility index (Phi) is 1.75. The van der Waals surface area contributed by atoms with Crippen molar-refractivity contribution in [2.24, 2.45) is 0 Å². The Morgan fingerprint density at radius 1 is 1.91 bits per heavy atom. The van der Waals surface area contributed by atoms with Crippen molar-refractivity contribution >= 4 is 5.97 Å². The molecule has 0 spiro atoms. The predicted molar refractivity (Wildman–Crippen MR) is 33.7 cm³/mol. The number of aromatic nitrogens is 2. The average molecular weight is 159 g/mol. The summed E-state index contributed by atoms with van der Waals surface area (Å²) in [4.78, 5) is 11.3. The molecule has 2 N–H and O–H groups in total. The van der Waals surface area contributed by atoms with E-state index in [1.54, 1.807) is 0 Å². The fourth-order valence-electron chi connectivity index (χ4n) is 0.629. The Morgan fingerprint density at radius 3 is 2.91 bits per heavy atom. The molecule has 1 aromatic rings. The lowest BCUT2D eigenvalue weighted by Gasteiger charge is -1.97. The molecule has 0 unspecified atom stereocenters. The number of esters is 1. The van der Waals surface area contributed by atoms with Gasteiger partial charge in [0.15, 0.2) is 5.82 Å². The molecule has 0 bridgehead atoms. The van der Waals surface area contributed by atoms with E-state index in [0.717, 1.165) is 13.3 Å². The van der Waals surface area contributed by atoms with Crippen LogP contribution in [0.15, 0.2) is 6.20 Å². The van der Waals surface area contributed by atoms with E-state index in [4.69, 9.17) is 5.84 Å². The van der Waals surface area contributed by atoms with Crippen molar-refractivity contribution in [1.29, 1.82) is 0 Å². The second-order valence-electron chi connectivity index (χ2n) is 1.78. The van der Waals surface area contributed by atoms with Gasteiger partial charge in [-0.2, -0.15) is 9.89 Å². The molecule has 0 aliphatic carbocycles. The molecule has 0 saturated carbocycles. The van der Waals surface area contributed by atoms with Crippen molar-refractivity contribution in [3.63, 3.8) is 0 Å². The number of hydrogen-bond donors (Lipinski definition) is 1. The molecule has 0 atom stereocenters. The van der Waals surface area contributed by atoms with Crippen LogP contribution in [0.1, 0.15) is 10.5 Å². The highest BCUT2D eigenvalue weighted by Crippen LogP contribution is 2.04. The molecule has 6 heteroatoms. The third-order valence-corrected chi connectivity index (χ3v) is 1.13. The molecule has 0 amide bonds. The number of methoxy groups -OCH3 is 1. The molecule has 11 heavy (non-hydrogen) atoms. The highest BCUT2D eigenvalue weighted by atomic mass is 19.1. The lowest BCUT2D eigenvalue weighted by molar-refractivity contribution is 0.0584. The zero-order valence-corrected chi connectivity index (χ0v) is 5.74. The van der Waals surface area contributed by atoms with Crippen LogP contribution in [-0.2, 0) is 4.74 Å². The zero-order chi connectivity index (χ0) is 8.43. The van der Waals surface area contributed by atoms with Crippen molar-refractivity contribution in [3.05, 3.63) is 17.7 Å². The normalized spacial score (nSPS) is 9.64. The minimum Gasteiger partial charge on any atom is -0.464 e. The molecule has 1 aromatic heterocycles. The van der Waals surface area contributed by atoms with Crippen LogP contribution in [0.2, 0.25) is 0 Å². The average Bonchev–Trinajstić information content (AvgIpc) is 2.30. The summed E-state index contributed by atoms with van der Waals surface area (Å²) in [6.07, 6.45) is 0.840. The fourth-order valence-corrected chi connectivity index (χ4v) is 0.629. The summed E-state index contributed by atoms with van der Waals surface area (Å²) in [6.45, 7) is 0. The van der Waals surface area contributed by atoms with Crippen LogP contribution >= 0.6 is 0 Å². The van der Waals surface area contributed by atoms with Crippen LogP contribution < -0.4 is 5.84 Å². The van der Waals surface area contributed by atoms with Gasteiger partial charge in [0.05, 0.1) is 13.3 Å². The van der Waals surface area contributed by atoms with Gasteiger partial charge in [0, 0.05) is 0 Å². The van der Waals surface area contributed by atoms with Gasteiger partial charge in [-0.25, -0.2) is 9.18 Å². The largest absolute Gasteiger partial charge is 0.464 e. The summed E-state index contributed by atoms with van der Waals surface area (Å²) in [5.74, 6) is 3.45. The number of nitrogen functional groups attached to an aromatic ring is 1. The zero-order valence-electron chi connectivity index (χ0n) is 5.74. The van der Waals surface area contributed by atoms with Crippen LogP contribution in [0.25, 0.3) is 0 Å². The number of hydrogen-bond acceptors (Lipinski definition) is 4. The molecule has 0 aromatic carbocycles. The van der Waals surface area contributed by atoms with Crippen molar-refractivity contribution in [2.45, 2.75) is 0 Å². The number of nitrogens with two attached hydrogens (primary N) is 1. The number of carbonyl (C=O) groups is 1. The molecule has 0 radical (unpaired) electrons. The summed E-state index contributed by atoms with van der Waals surface area (Å²) in [5, 5.41) is 3.30. The Bertz CT molecular complexity index is 264. The number of rotatable bonds is 1. The molecular formula is C5H6FN3O2. The van der Waals surface area contributed by atoms with E-state index in [1.165, 1.54) is 0 Å². The molecular weight excluding hydrogens is 153 g/mol. The van der Waals surface area contributed by atoms with Gasteiger partial charge >= 0.3 is 5.97 Å². The van der Waals surface area contributed by atoms with Crippen LogP contribution in [0.4, 0.5) is 4.39 Å². The number of nitrogens with zero attached hydrogens (tertiary/aromatic N) is 2. The first-order chi connectivity index (χ1) is 5.16. The topological polar surface area (TPSA) is 70.1 Å². The monoisotopic (exact) mass is 159 g/mol. The SMILES string of the molecule is COC(=O)c1c(F)cnn1N. The molecule has 5 nitrogen and oxygen atoms in total. The van der Waals surface area contributed by atoms with Gasteiger partial charge in [0.25, 0.3) is 0 Å². The van der Waals surface area contributed by atoms with E-state index in [1.807, 2.05) is 0 Å². The lowest BCUT2D eigenvalue weighted by atomic mass is 10.4. The van der Waals surface area contributed by atoms with Gasteiger partial charge < -0.3 is 10.6 Å². The van der Waals surface area contributed by atoms with E-state index in [2.05, 4.69) is 9.84 Å². The predicted octanol–water partition coefficient (Wildman–Crippen LogP) is -0.477. The standard InChI is InChI=1S/C5H6FN3O2/c1-11-5(10)4-3(6)2-8-9(4)7/h2H,7H2,1H3. The molecule has 0 aliphatic rings. The summed E-state index contributed by atoms with van der Waals surface area (Å²) >= 11 is 0. The first-order valence-corrected chi connectivity index (χ1v) is 2.73. The summed E-state index contributed by atoms with van der Waals surface area (Å²) in [5.41, 5.74) is -0.382. The number of halogens is 1. The minimum atomic E-state index is -0.845. The Hall–Kier alpha value is -1.59. The van der Waals surface area contributed by atoms with E-state index < -0.39 is 11.8 Å². The van der Waals surface area contributed by atoms with Gasteiger partial charge in [-0.1, -0.05) is 0 Å². The second-order valence-corrected chi connectivity index (χ2v) is 1.78. The third kappa shape index (κ3) is 1.14. The van der Waals surface area contributed by atoms with Gasteiger partial charge in [-0.3, -0.25) is 0 Å². The summed E-state index contributed by atoms with van der Waals surface area (Å²) in [7, 11) is 1.13. The Labute approximate surface area is 61.5 Å². The lowest BCUT2D eigenvalue weighted by Crippen LogP contribution is -2.19. The first-order valence-electron chi connectivity index (χ1n) is 2.73. The summed E-state index contributed by atoms with van der Waals surface area (Å²) in [6, 6.07) is 0. The molecule has 60 valence electrons. The molecule has 1 rings (SSSR count). The Morgan fingerprint density at radius 2 is 2.55 bits per heavy atom. The molecule has 0 fully saturated rings. The van der Waals surface area contributed by atoms with Crippen LogP contribution in [0.3, 0.4) is 0 Å². The smallest absolute Gasteiger partial charge is 0.361 e. The quantitative estimate of drug-likeness (QED) is 0.444. The molecule has 0 saturated heterocycles. The van der Waals surface area contributed by atoms with Crippen molar-refractivity contribution in [2.75, 3.05) is 13.0 Å². The maximum atomic E-state index is 12.6. The highest BCUT2D eigenvalue weighted by molar-refractivity contribution is 5.87. The molecule has 1 heterocycles.